The molecule has 1 saturated heterocycles. The van der Waals surface area contributed by atoms with Crippen molar-refractivity contribution in [1.29, 1.82) is 0 Å². The van der Waals surface area contributed by atoms with E-state index >= 15 is 0 Å². The average Bonchev–Trinajstić information content (AvgIpc) is 2.97. The van der Waals surface area contributed by atoms with Crippen LogP contribution in [0.25, 0.3) is 0 Å². The second kappa shape index (κ2) is 8.73. The number of aromatic nitrogens is 3. The second-order valence-corrected chi connectivity index (χ2v) is 7.49. The summed E-state index contributed by atoms with van der Waals surface area (Å²) >= 11 is 0. The summed E-state index contributed by atoms with van der Waals surface area (Å²) < 4.78 is 15.2. The number of hydrogen-bond acceptors (Lipinski definition) is 4. The Morgan fingerprint density at radius 1 is 1.15 bits per heavy atom. The first-order valence-electron chi connectivity index (χ1n) is 9.64. The maximum atomic E-state index is 13.2. The summed E-state index contributed by atoms with van der Waals surface area (Å²) in [6.45, 7) is 12.4. The van der Waals surface area contributed by atoms with Crippen LogP contribution in [0.5, 0.6) is 0 Å². The van der Waals surface area contributed by atoms with Crippen LogP contribution in [-0.2, 0) is 19.6 Å². The summed E-state index contributed by atoms with van der Waals surface area (Å²) in [7, 11) is 0. The van der Waals surface area contributed by atoms with E-state index in [-0.39, 0.29) is 5.82 Å². The Morgan fingerprint density at radius 2 is 1.92 bits per heavy atom. The second-order valence-electron chi connectivity index (χ2n) is 7.49. The molecule has 1 aromatic carbocycles. The molecular formula is C20H30FN5. The van der Waals surface area contributed by atoms with Crippen molar-refractivity contribution >= 4 is 0 Å². The molecule has 2 heterocycles. The maximum Gasteiger partial charge on any atom is 0.140 e. The Morgan fingerprint density at radius 3 is 2.62 bits per heavy atom. The predicted molar refractivity (Wildman–Crippen MR) is 101 cm³/mol. The molecule has 142 valence electrons. The van der Waals surface area contributed by atoms with Crippen LogP contribution in [0.1, 0.15) is 38.6 Å². The predicted octanol–water partition coefficient (Wildman–Crippen LogP) is 3.17. The molecule has 1 aliphatic heterocycles. The molecule has 6 heteroatoms. The molecule has 0 radical (unpaired) electrons. The van der Waals surface area contributed by atoms with Crippen molar-refractivity contribution in [3.05, 3.63) is 47.8 Å². The Labute approximate surface area is 155 Å². The SMILES string of the molecule is CCn1ncnc1CN1CCCN(Cc2ccc(F)cc2)[C@H](C(C)C)C1. The van der Waals surface area contributed by atoms with E-state index in [2.05, 4.69) is 40.7 Å². The van der Waals surface area contributed by atoms with Gasteiger partial charge in [0.15, 0.2) is 0 Å². The molecule has 3 rings (SSSR count). The van der Waals surface area contributed by atoms with E-state index < -0.39 is 0 Å². The molecule has 0 N–H and O–H groups in total. The summed E-state index contributed by atoms with van der Waals surface area (Å²) in [5.74, 6) is 1.43. The highest BCUT2D eigenvalue weighted by molar-refractivity contribution is 5.16. The van der Waals surface area contributed by atoms with Gasteiger partial charge < -0.3 is 0 Å². The summed E-state index contributed by atoms with van der Waals surface area (Å²) in [6, 6.07) is 7.39. The standard InChI is InChI=1S/C20H30FN5/c1-4-26-20(22-15-23-26)14-24-10-5-11-25(19(13-24)16(2)3)12-17-6-8-18(21)9-7-17/h6-9,15-16,19H,4-5,10-14H2,1-3H3/t19-/m0/s1. The fourth-order valence-electron chi connectivity index (χ4n) is 3.81. The molecule has 0 aliphatic carbocycles. The van der Waals surface area contributed by atoms with E-state index in [1.807, 2.05) is 16.8 Å². The minimum absolute atomic E-state index is 0.170. The monoisotopic (exact) mass is 359 g/mol. The number of rotatable bonds is 6. The van der Waals surface area contributed by atoms with Gasteiger partial charge in [-0.2, -0.15) is 5.10 Å². The first-order chi connectivity index (χ1) is 12.6. The summed E-state index contributed by atoms with van der Waals surface area (Å²) in [5, 5.41) is 4.29. The van der Waals surface area contributed by atoms with Crippen molar-refractivity contribution in [2.45, 2.75) is 52.9 Å². The summed E-state index contributed by atoms with van der Waals surface area (Å²) in [4.78, 5) is 9.50. The van der Waals surface area contributed by atoms with Gasteiger partial charge in [-0.15, -0.1) is 0 Å². The third kappa shape index (κ3) is 4.68. The Bertz CT molecular complexity index is 682. The first-order valence-corrected chi connectivity index (χ1v) is 9.64. The molecule has 0 saturated carbocycles. The van der Waals surface area contributed by atoms with Crippen LogP contribution in [0.15, 0.2) is 30.6 Å². The van der Waals surface area contributed by atoms with Crippen molar-refractivity contribution in [2.24, 2.45) is 5.92 Å². The van der Waals surface area contributed by atoms with Gasteiger partial charge in [-0.05, 0) is 43.5 Å². The van der Waals surface area contributed by atoms with Gasteiger partial charge in [-0.25, -0.2) is 14.1 Å². The van der Waals surface area contributed by atoms with Gasteiger partial charge in [0.05, 0.1) is 6.54 Å². The molecule has 2 aromatic rings. The van der Waals surface area contributed by atoms with E-state index in [9.17, 15) is 4.39 Å². The minimum Gasteiger partial charge on any atom is -0.295 e. The molecule has 0 amide bonds. The van der Waals surface area contributed by atoms with E-state index in [1.54, 1.807) is 18.5 Å². The fourth-order valence-corrected chi connectivity index (χ4v) is 3.81. The van der Waals surface area contributed by atoms with Crippen molar-refractivity contribution in [1.82, 2.24) is 24.6 Å². The van der Waals surface area contributed by atoms with Gasteiger partial charge in [0.25, 0.3) is 0 Å². The third-order valence-electron chi connectivity index (χ3n) is 5.26. The highest BCUT2D eigenvalue weighted by atomic mass is 19.1. The molecule has 26 heavy (non-hydrogen) atoms. The number of benzene rings is 1. The van der Waals surface area contributed by atoms with Gasteiger partial charge in [-0.1, -0.05) is 26.0 Å². The molecule has 1 aromatic heterocycles. The average molecular weight is 359 g/mol. The lowest BCUT2D eigenvalue weighted by Crippen LogP contribution is -2.44. The number of hydrogen-bond donors (Lipinski definition) is 0. The van der Waals surface area contributed by atoms with Crippen molar-refractivity contribution in [2.75, 3.05) is 19.6 Å². The van der Waals surface area contributed by atoms with E-state index in [0.29, 0.717) is 12.0 Å². The molecule has 0 unspecified atom stereocenters. The first kappa shape index (κ1) is 19.0. The lowest BCUT2D eigenvalue weighted by atomic mass is 10.0. The quantitative estimate of drug-likeness (QED) is 0.794. The van der Waals surface area contributed by atoms with Crippen molar-refractivity contribution in [3.63, 3.8) is 0 Å². The van der Waals surface area contributed by atoms with Gasteiger partial charge in [0, 0.05) is 32.2 Å². The highest BCUT2D eigenvalue weighted by Crippen LogP contribution is 2.21. The molecule has 1 aliphatic rings. The largest absolute Gasteiger partial charge is 0.295 e. The van der Waals surface area contributed by atoms with Crippen LogP contribution >= 0.6 is 0 Å². The Hall–Kier alpha value is -1.79. The van der Waals surface area contributed by atoms with E-state index in [1.165, 1.54) is 5.56 Å². The van der Waals surface area contributed by atoms with Gasteiger partial charge in [-0.3, -0.25) is 9.80 Å². The zero-order valence-electron chi connectivity index (χ0n) is 16.1. The van der Waals surface area contributed by atoms with Crippen LogP contribution in [0, 0.1) is 11.7 Å². The van der Waals surface area contributed by atoms with Crippen LogP contribution < -0.4 is 0 Å². The number of aryl methyl sites for hydroxylation is 1. The van der Waals surface area contributed by atoms with E-state index in [4.69, 9.17) is 0 Å². The van der Waals surface area contributed by atoms with Crippen LogP contribution in [0.4, 0.5) is 4.39 Å². The number of nitrogens with zero attached hydrogens (tertiary/aromatic N) is 5. The zero-order chi connectivity index (χ0) is 18.5. The molecule has 5 nitrogen and oxygen atoms in total. The van der Waals surface area contributed by atoms with Gasteiger partial charge >= 0.3 is 0 Å². The molecule has 0 bridgehead atoms. The van der Waals surface area contributed by atoms with E-state index in [0.717, 1.165) is 51.5 Å². The number of halogens is 1. The lowest BCUT2D eigenvalue weighted by molar-refractivity contribution is 0.128. The van der Waals surface area contributed by atoms with Crippen LogP contribution in [-0.4, -0.2) is 50.2 Å². The van der Waals surface area contributed by atoms with Gasteiger partial charge in [0.1, 0.15) is 18.0 Å². The zero-order valence-corrected chi connectivity index (χ0v) is 16.1. The maximum absolute atomic E-state index is 13.2. The van der Waals surface area contributed by atoms with Gasteiger partial charge in [0.2, 0.25) is 0 Å². The smallest absolute Gasteiger partial charge is 0.140 e. The lowest BCUT2D eigenvalue weighted by Gasteiger charge is -2.34. The molecular weight excluding hydrogens is 329 g/mol. The highest BCUT2D eigenvalue weighted by Gasteiger charge is 2.28. The molecule has 1 atom stereocenters. The topological polar surface area (TPSA) is 37.2 Å². The Kier molecular flexibility index (Phi) is 6.38. The normalized spacial score (nSPS) is 19.8. The van der Waals surface area contributed by atoms with Crippen molar-refractivity contribution < 1.29 is 4.39 Å². The summed E-state index contributed by atoms with van der Waals surface area (Å²) in [6.07, 6.45) is 2.78. The minimum atomic E-state index is -0.170. The Balaban J connectivity index is 1.69. The fraction of sp³-hybridized carbons (Fsp3) is 0.600. The molecule has 0 spiro atoms. The van der Waals surface area contributed by atoms with Crippen LogP contribution in [0.2, 0.25) is 0 Å². The van der Waals surface area contributed by atoms with Crippen molar-refractivity contribution in [3.8, 4) is 0 Å². The van der Waals surface area contributed by atoms with Crippen LogP contribution in [0.3, 0.4) is 0 Å². The summed E-state index contributed by atoms with van der Waals surface area (Å²) in [5.41, 5.74) is 1.18. The third-order valence-corrected chi connectivity index (χ3v) is 5.26. The molecule has 1 fully saturated rings.